The summed E-state index contributed by atoms with van der Waals surface area (Å²) >= 11 is 3.86. The molecule has 22 heavy (non-hydrogen) atoms. The van der Waals surface area contributed by atoms with Crippen LogP contribution in [0.2, 0.25) is 0 Å². The van der Waals surface area contributed by atoms with E-state index in [2.05, 4.69) is 22.0 Å². The van der Waals surface area contributed by atoms with Crippen molar-refractivity contribution in [2.45, 2.75) is 13.8 Å². The van der Waals surface area contributed by atoms with Gasteiger partial charge in [0, 0.05) is 0 Å². The third kappa shape index (κ3) is 2.87. The predicted octanol–water partition coefficient (Wildman–Crippen LogP) is 4.87. The van der Waals surface area contributed by atoms with E-state index in [1.807, 2.05) is 26.0 Å². The molecule has 2 nitrogen and oxygen atoms in total. The number of rotatable bonds is 2. The second kappa shape index (κ2) is 5.96. The Hall–Kier alpha value is -1.48. The van der Waals surface area contributed by atoms with Crippen molar-refractivity contribution in [2.24, 2.45) is 0 Å². The van der Waals surface area contributed by atoms with Crippen LogP contribution in [0.4, 0.5) is 0 Å². The van der Waals surface area contributed by atoms with Gasteiger partial charge in [0.15, 0.2) is 0 Å². The molecule has 0 atom stereocenters. The molecule has 4 heteroatoms. The van der Waals surface area contributed by atoms with Crippen LogP contribution in [-0.4, -0.2) is 24.7 Å². The fourth-order valence-electron chi connectivity index (χ4n) is 2.51. The summed E-state index contributed by atoms with van der Waals surface area (Å²) in [6.45, 7) is 4.03. The van der Waals surface area contributed by atoms with Crippen LogP contribution in [0.5, 0.6) is 11.5 Å². The number of aromatic hydroxyl groups is 2. The zero-order valence-electron chi connectivity index (χ0n) is 12.2. The molecule has 0 spiro atoms. The van der Waals surface area contributed by atoms with E-state index in [4.69, 9.17) is 0 Å². The molecule has 0 aliphatic rings. The monoisotopic (exact) mass is 422 g/mol. The molecule has 0 saturated heterocycles. The Bertz CT molecular complexity index is 852. The molecule has 1 aromatic heterocycles. The first kappa shape index (κ1) is 15.4. The number of aryl methyl sites for hydroxylation is 2. The first-order valence-electron chi connectivity index (χ1n) is 6.85. The Morgan fingerprint density at radius 2 is 1.36 bits per heavy atom. The van der Waals surface area contributed by atoms with E-state index >= 15 is 0 Å². The third-order valence-electron chi connectivity index (χ3n) is 3.62. The molecular formula is C18H15BrO2Se. The number of phenolic OH excluding ortho intramolecular Hbond substituents is 2. The summed E-state index contributed by atoms with van der Waals surface area (Å²) in [5.74, 6) is 0.597. The van der Waals surface area contributed by atoms with Gasteiger partial charge in [-0.2, -0.15) is 0 Å². The molecule has 112 valence electrons. The van der Waals surface area contributed by atoms with Gasteiger partial charge in [-0.3, -0.25) is 0 Å². The van der Waals surface area contributed by atoms with Crippen molar-refractivity contribution < 1.29 is 10.2 Å². The standard InChI is InChI=1S/C18H15BrO2Se/c1-10-7-12(20)3-5-14(10)17-9-16(19)18(22-17)15-6-4-13(21)8-11(15)2/h3-9,20-21H,1-2H3. The van der Waals surface area contributed by atoms with Crippen LogP contribution in [0, 0.1) is 13.8 Å². The summed E-state index contributed by atoms with van der Waals surface area (Å²) in [5, 5.41) is 19.1. The molecule has 3 rings (SSSR count). The van der Waals surface area contributed by atoms with Crippen LogP contribution in [0.3, 0.4) is 0 Å². The molecule has 1 heterocycles. The van der Waals surface area contributed by atoms with Crippen molar-refractivity contribution in [3.05, 3.63) is 58.1 Å². The molecule has 0 radical (unpaired) electrons. The fraction of sp³-hybridized carbons (Fsp3) is 0.111. The maximum absolute atomic E-state index is 9.58. The summed E-state index contributed by atoms with van der Waals surface area (Å²) < 4.78 is 3.68. The quantitative estimate of drug-likeness (QED) is 0.579. The molecule has 2 N–H and O–H groups in total. The van der Waals surface area contributed by atoms with Crippen molar-refractivity contribution in [1.29, 1.82) is 0 Å². The van der Waals surface area contributed by atoms with E-state index < -0.39 is 0 Å². The fourth-order valence-corrected chi connectivity index (χ4v) is 6.30. The average Bonchev–Trinajstić information content (AvgIpc) is 2.80. The van der Waals surface area contributed by atoms with E-state index in [9.17, 15) is 10.2 Å². The Kier molecular flexibility index (Phi) is 4.18. The van der Waals surface area contributed by atoms with Gasteiger partial charge in [-0.05, 0) is 0 Å². The van der Waals surface area contributed by atoms with Crippen LogP contribution in [0.15, 0.2) is 46.9 Å². The minimum atomic E-state index is 0.183. The molecule has 0 bridgehead atoms. The van der Waals surface area contributed by atoms with E-state index in [0.717, 1.165) is 15.6 Å². The van der Waals surface area contributed by atoms with E-state index in [1.165, 1.54) is 20.0 Å². The summed E-state index contributed by atoms with van der Waals surface area (Å²) in [5.41, 5.74) is 4.51. The molecule has 0 aliphatic carbocycles. The van der Waals surface area contributed by atoms with E-state index in [-0.39, 0.29) is 14.5 Å². The minimum absolute atomic E-state index is 0.183. The van der Waals surface area contributed by atoms with Gasteiger partial charge in [-0.15, -0.1) is 0 Å². The molecular weight excluding hydrogens is 407 g/mol. The first-order chi connectivity index (χ1) is 10.5. The first-order valence-corrected chi connectivity index (χ1v) is 9.35. The van der Waals surface area contributed by atoms with Gasteiger partial charge in [0.05, 0.1) is 0 Å². The van der Waals surface area contributed by atoms with Crippen molar-refractivity contribution >= 4 is 30.4 Å². The van der Waals surface area contributed by atoms with Crippen molar-refractivity contribution in [1.82, 2.24) is 0 Å². The summed E-state index contributed by atoms with van der Waals surface area (Å²) in [6, 6.07) is 13.2. The Balaban J connectivity index is 2.11. The number of halogens is 1. The number of benzene rings is 2. The average molecular weight is 422 g/mol. The molecule has 0 aliphatic heterocycles. The van der Waals surface area contributed by atoms with Crippen LogP contribution in [0.1, 0.15) is 11.1 Å². The molecule has 0 amide bonds. The molecule has 0 unspecified atom stereocenters. The second-order valence-corrected chi connectivity index (χ2v) is 8.35. The Labute approximate surface area is 143 Å². The van der Waals surface area contributed by atoms with Gasteiger partial charge < -0.3 is 0 Å². The summed E-state index contributed by atoms with van der Waals surface area (Å²) in [6.07, 6.45) is 0. The Morgan fingerprint density at radius 3 is 1.91 bits per heavy atom. The molecule has 0 saturated carbocycles. The zero-order chi connectivity index (χ0) is 15.9. The Morgan fingerprint density at radius 1 is 0.818 bits per heavy atom. The van der Waals surface area contributed by atoms with Gasteiger partial charge in [-0.1, -0.05) is 0 Å². The van der Waals surface area contributed by atoms with Gasteiger partial charge in [0.25, 0.3) is 0 Å². The number of phenols is 2. The maximum atomic E-state index is 9.58. The SMILES string of the molecule is Cc1cc(O)ccc1-c1cc(Br)c(-c2ccc(O)cc2C)[se]1. The van der Waals surface area contributed by atoms with E-state index in [1.54, 1.807) is 24.3 Å². The van der Waals surface area contributed by atoms with Gasteiger partial charge in [0.1, 0.15) is 0 Å². The normalized spacial score (nSPS) is 10.9. The second-order valence-electron chi connectivity index (χ2n) is 5.29. The molecule has 2 aromatic carbocycles. The van der Waals surface area contributed by atoms with Gasteiger partial charge in [-0.25, -0.2) is 0 Å². The molecule has 3 aromatic rings. The van der Waals surface area contributed by atoms with Crippen molar-refractivity contribution in [3.8, 4) is 31.5 Å². The predicted molar refractivity (Wildman–Crippen MR) is 94.8 cm³/mol. The van der Waals surface area contributed by atoms with Crippen LogP contribution in [-0.2, 0) is 0 Å². The summed E-state index contributed by atoms with van der Waals surface area (Å²) in [4.78, 5) is 0. The van der Waals surface area contributed by atoms with Crippen molar-refractivity contribution in [2.75, 3.05) is 0 Å². The van der Waals surface area contributed by atoms with E-state index in [0.29, 0.717) is 11.5 Å². The third-order valence-corrected chi connectivity index (χ3v) is 7.35. The van der Waals surface area contributed by atoms with Gasteiger partial charge in [0.2, 0.25) is 0 Å². The van der Waals surface area contributed by atoms with Gasteiger partial charge >= 0.3 is 144 Å². The van der Waals surface area contributed by atoms with Crippen LogP contribution in [0.25, 0.3) is 20.0 Å². The summed E-state index contributed by atoms with van der Waals surface area (Å²) in [7, 11) is 0. The number of hydrogen-bond acceptors (Lipinski definition) is 2. The van der Waals surface area contributed by atoms with Crippen molar-refractivity contribution in [3.63, 3.8) is 0 Å². The van der Waals surface area contributed by atoms with Crippen LogP contribution >= 0.6 is 15.9 Å². The zero-order valence-corrected chi connectivity index (χ0v) is 15.5. The number of hydrogen-bond donors (Lipinski definition) is 2. The molecule has 0 fully saturated rings. The van der Waals surface area contributed by atoms with Crippen LogP contribution < -0.4 is 0 Å². The topological polar surface area (TPSA) is 40.5 Å².